The number of aromatic nitrogens is 2. The van der Waals surface area contributed by atoms with E-state index in [9.17, 15) is 0 Å². The Labute approximate surface area is 135 Å². The van der Waals surface area contributed by atoms with Gasteiger partial charge in [-0.3, -0.25) is 0 Å². The summed E-state index contributed by atoms with van der Waals surface area (Å²) >= 11 is 3.45. The molecule has 1 heterocycles. The molecular weight excluding hydrogens is 346 g/mol. The van der Waals surface area contributed by atoms with Crippen molar-refractivity contribution in [2.75, 3.05) is 0 Å². The highest BCUT2D eigenvalue weighted by molar-refractivity contribution is 9.10. The van der Waals surface area contributed by atoms with Crippen LogP contribution in [0.25, 0.3) is 11.5 Å². The highest BCUT2D eigenvalue weighted by Crippen LogP contribution is 2.26. The normalized spacial score (nSPS) is 11.0. The molecule has 0 saturated carbocycles. The van der Waals surface area contributed by atoms with Gasteiger partial charge in [0.25, 0.3) is 5.89 Å². The number of oxime groups is 1. The van der Waals surface area contributed by atoms with Crippen LogP contribution >= 0.6 is 15.9 Å². The summed E-state index contributed by atoms with van der Waals surface area (Å²) in [6.07, 6.45) is 1.63. The van der Waals surface area contributed by atoms with Crippen molar-refractivity contribution in [1.82, 2.24) is 10.2 Å². The number of nitrogens with zero attached hydrogens (tertiary/aromatic N) is 3. The minimum Gasteiger partial charge on any atom is -0.417 e. The molecule has 1 aromatic heterocycles. The summed E-state index contributed by atoms with van der Waals surface area (Å²) in [6.45, 7) is 0.126. The quantitative estimate of drug-likeness (QED) is 0.510. The van der Waals surface area contributed by atoms with Crippen molar-refractivity contribution in [3.05, 3.63) is 70.5 Å². The van der Waals surface area contributed by atoms with Gasteiger partial charge in [0.1, 0.15) is 0 Å². The first-order valence-electron chi connectivity index (χ1n) is 6.60. The first-order chi connectivity index (χ1) is 10.8. The molecule has 6 heteroatoms. The standard InChI is InChI=1S/C16H12BrN3O2/c17-14-9-5-4-8-13(14)16-20-19-15(22-16)11-21-18-10-12-6-2-1-3-7-12/h1-10H,11H2. The Morgan fingerprint density at radius 2 is 1.82 bits per heavy atom. The summed E-state index contributed by atoms with van der Waals surface area (Å²) in [4.78, 5) is 5.16. The predicted octanol–water partition coefficient (Wildman–Crippen LogP) is 4.05. The second kappa shape index (κ2) is 7.00. The van der Waals surface area contributed by atoms with Gasteiger partial charge in [-0.25, -0.2) is 0 Å². The Bertz CT molecular complexity index is 772. The molecule has 0 spiro atoms. The van der Waals surface area contributed by atoms with Crippen LogP contribution in [0.4, 0.5) is 0 Å². The highest BCUT2D eigenvalue weighted by atomic mass is 79.9. The van der Waals surface area contributed by atoms with Crippen molar-refractivity contribution in [2.24, 2.45) is 5.16 Å². The number of hydrogen-bond donors (Lipinski definition) is 0. The van der Waals surface area contributed by atoms with Crippen LogP contribution in [0.5, 0.6) is 0 Å². The number of hydrogen-bond acceptors (Lipinski definition) is 5. The molecule has 0 N–H and O–H groups in total. The smallest absolute Gasteiger partial charge is 0.257 e. The molecule has 0 aliphatic heterocycles. The maximum Gasteiger partial charge on any atom is 0.257 e. The van der Waals surface area contributed by atoms with Gasteiger partial charge in [-0.2, -0.15) is 0 Å². The topological polar surface area (TPSA) is 60.5 Å². The van der Waals surface area contributed by atoms with Crippen LogP contribution < -0.4 is 0 Å². The average Bonchev–Trinajstić information content (AvgIpc) is 3.02. The predicted molar refractivity (Wildman–Crippen MR) is 86.3 cm³/mol. The van der Waals surface area contributed by atoms with Gasteiger partial charge in [0.05, 0.1) is 11.8 Å². The van der Waals surface area contributed by atoms with E-state index in [0.29, 0.717) is 11.8 Å². The van der Waals surface area contributed by atoms with Crippen molar-refractivity contribution < 1.29 is 9.25 Å². The monoisotopic (exact) mass is 357 g/mol. The molecule has 0 atom stereocenters. The molecular formula is C16H12BrN3O2. The van der Waals surface area contributed by atoms with E-state index in [1.165, 1.54) is 0 Å². The third kappa shape index (κ3) is 3.59. The molecule has 22 heavy (non-hydrogen) atoms. The van der Waals surface area contributed by atoms with E-state index in [1.807, 2.05) is 54.6 Å². The zero-order valence-corrected chi connectivity index (χ0v) is 13.1. The lowest BCUT2D eigenvalue weighted by Crippen LogP contribution is -1.88. The van der Waals surface area contributed by atoms with Gasteiger partial charge in [0.2, 0.25) is 5.89 Å². The largest absolute Gasteiger partial charge is 0.417 e. The van der Waals surface area contributed by atoms with Crippen LogP contribution in [0.15, 0.2) is 68.6 Å². The SMILES string of the molecule is Brc1ccccc1-c1nnc(CON=Cc2ccccc2)o1. The molecule has 0 amide bonds. The minimum atomic E-state index is 0.126. The molecule has 0 aliphatic rings. The third-order valence-corrected chi connectivity index (χ3v) is 3.53. The van der Waals surface area contributed by atoms with Crippen molar-refractivity contribution in [2.45, 2.75) is 6.61 Å². The van der Waals surface area contributed by atoms with Crippen LogP contribution in [0, 0.1) is 0 Å². The number of halogens is 1. The maximum absolute atomic E-state index is 5.55. The number of rotatable bonds is 5. The molecule has 3 rings (SSSR count). The fraction of sp³-hybridized carbons (Fsp3) is 0.0625. The zero-order chi connectivity index (χ0) is 15.2. The Morgan fingerprint density at radius 3 is 2.64 bits per heavy atom. The Morgan fingerprint density at radius 1 is 1.05 bits per heavy atom. The van der Waals surface area contributed by atoms with Crippen molar-refractivity contribution in [3.8, 4) is 11.5 Å². The van der Waals surface area contributed by atoms with Gasteiger partial charge in [-0.15, -0.1) is 10.2 Å². The van der Waals surface area contributed by atoms with Gasteiger partial charge in [-0.05, 0) is 33.6 Å². The molecule has 0 bridgehead atoms. The Hall–Kier alpha value is -2.47. The summed E-state index contributed by atoms with van der Waals surface area (Å²) in [5.41, 5.74) is 1.80. The lowest BCUT2D eigenvalue weighted by atomic mass is 10.2. The first kappa shape index (κ1) is 14.5. The maximum atomic E-state index is 5.55. The average molecular weight is 358 g/mol. The van der Waals surface area contributed by atoms with Crippen molar-refractivity contribution >= 4 is 22.1 Å². The Balaban J connectivity index is 1.61. The minimum absolute atomic E-state index is 0.126. The summed E-state index contributed by atoms with van der Waals surface area (Å²) < 4.78 is 6.45. The van der Waals surface area contributed by atoms with Gasteiger partial charge >= 0.3 is 0 Å². The fourth-order valence-corrected chi connectivity index (χ4v) is 2.24. The molecule has 0 unspecified atom stereocenters. The molecule has 110 valence electrons. The van der Waals surface area contributed by atoms with Crippen molar-refractivity contribution in [1.29, 1.82) is 0 Å². The molecule has 5 nitrogen and oxygen atoms in total. The Kier molecular flexibility index (Phi) is 4.60. The summed E-state index contributed by atoms with van der Waals surface area (Å²) in [7, 11) is 0. The lowest BCUT2D eigenvalue weighted by molar-refractivity contribution is 0.112. The molecule has 0 fully saturated rings. The van der Waals surface area contributed by atoms with E-state index in [2.05, 4.69) is 31.3 Å². The fourth-order valence-electron chi connectivity index (χ4n) is 1.79. The molecule has 2 aromatic carbocycles. The van der Waals surface area contributed by atoms with Crippen LogP contribution in [0.2, 0.25) is 0 Å². The van der Waals surface area contributed by atoms with E-state index in [-0.39, 0.29) is 6.61 Å². The van der Waals surface area contributed by atoms with E-state index < -0.39 is 0 Å². The third-order valence-electron chi connectivity index (χ3n) is 2.84. The van der Waals surface area contributed by atoms with Crippen LogP contribution in [-0.4, -0.2) is 16.4 Å². The van der Waals surface area contributed by atoms with E-state index in [0.717, 1.165) is 15.6 Å². The molecule has 0 saturated heterocycles. The van der Waals surface area contributed by atoms with Gasteiger partial charge < -0.3 is 9.25 Å². The number of benzene rings is 2. The second-order valence-corrected chi connectivity index (χ2v) is 5.25. The van der Waals surface area contributed by atoms with E-state index >= 15 is 0 Å². The lowest BCUT2D eigenvalue weighted by Gasteiger charge is -1.97. The van der Waals surface area contributed by atoms with Crippen LogP contribution in [0.1, 0.15) is 11.5 Å². The second-order valence-electron chi connectivity index (χ2n) is 4.40. The molecule has 0 aliphatic carbocycles. The summed E-state index contributed by atoms with van der Waals surface area (Å²) in [5.74, 6) is 0.814. The van der Waals surface area contributed by atoms with Gasteiger partial charge in [0.15, 0.2) is 6.61 Å². The highest BCUT2D eigenvalue weighted by Gasteiger charge is 2.11. The molecule has 3 aromatic rings. The first-order valence-corrected chi connectivity index (χ1v) is 7.40. The van der Waals surface area contributed by atoms with E-state index in [1.54, 1.807) is 6.21 Å². The van der Waals surface area contributed by atoms with Crippen molar-refractivity contribution in [3.63, 3.8) is 0 Å². The van der Waals surface area contributed by atoms with Crippen LogP contribution in [-0.2, 0) is 11.4 Å². The summed E-state index contributed by atoms with van der Waals surface area (Å²) in [5, 5.41) is 11.8. The van der Waals surface area contributed by atoms with Gasteiger partial charge in [0, 0.05) is 4.47 Å². The van der Waals surface area contributed by atoms with Crippen LogP contribution in [0.3, 0.4) is 0 Å². The van der Waals surface area contributed by atoms with Gasteiger partial charge in [-0.1, -0.05) is 47.6 Å². The van der Waals surface area contributed by atoms with E-state index in [4.69, 9.17) is 9.25 Å². The zero-order valence-electron chi connectivity index (χ0n) is 11.5. The molecule has 0 radical (unpaired) electrons. The summed E-state index contributed by atoms with van der Waals surface area (Å²) in [6, 6.07) is 17.3.